The lowest BCUT2D eigenvalue weighted by Gasteiger charge is -2.56. The zero-order valence-electron chi connectivity index (χ0n) is 17.4. The summed E-state index contributed by atoms with van der Waals surface area (Å²) < 4.78 is 0. The fourth-order valence-corrected chi connectivity index (χ4v) is 7.67. The van der Waals surface area contributed by atoms with Crippen molar-refractivity contribution in [2.24, 2.45) is 23.2 Å². The number of aromatic nitrogens is 2. The number of carbonyl (C=O) groups excluding carboxylic acids is 2. The van der Waals surface area contributed by atoms with Crippen LogP contribution in [-0.4, -0.2) is 39.5 Å². The fraction of sp³-hybridized carbons (Fsp3) is 0.818. The van der Waals surface area contributed by atoms with Crippen LogP contribution in [0.4, 0.5) is 5.13 Å². The number of unbranched alkanes of at least 4 members (excludes halogenated alkanes) is 1. The molecule has 1 atom stereocenters. The van der Waals surface area contributed by atoms with Gasteiger partial charge in [-0.3, -0.25) is 14.9 Å². The van der Waals surface area contributed by atoms with Crippen LogP contribution in [0.2, 0.25) is 0 Å². The standard InChI is InChI=1S/C22H32N4O2S/c1-2-3-6-18-24-25-21(29-18)23-19(27)17-5-4-7-26(17)20(28)22-11-14-8-15(12-22)10-16(9-14)13-22/h14-17H,2-13H2,1H3,(H,23,25,27). The van der Waals surface area contributed by atoms with Gasteiger partial charge in [0, 0.05) is 13.0 Å². The van der Waals surface area contributed by atoms with Crippen LogP contribution in [0.3, 0.4) is 0 Å². The van der Waals surface area contributed by atoms with Crippen molar-refractivity contribution in [2.75, 3.05) is 11.9 Å². The summed E-state index contributed by atoms with van der Waals surface area (Å²) in [6.45, 7) is 2.87. The number of nitrogens with zero attached hydrogens (tertiary/aromatic N) is 3. The highest BCUT2D eigenvalue weighted by Gasteiger charge is 2.56. The lowest BCUT2D eigenvalue weighted by Crippen LogP contribution is -2.56. The van der Waals surface area contributed by atoms with Crippen molar-refractivity contribution in [1.82, 2.24) is 15.1 Å². The molecule has 1 saturated heterocycles. The first-order valence-corrected chi connectivity index (χ1v) is 12.3. The highest BCUT2D eigenvalue weighted by molar-refractivity contribution is 7.15. The van der Waals surface area contributed by atoms with E-state index in [2.05, 4.69) is 22.4 Å². The second-order valence-electron chi connectivity index (χ2n) is 9.95. The van der Waals surface area contributed by atoms with Crippen LogP contribution in [0.1, 0.15) is 76.1 Å². The van der Waals surface area contributed by atoms with Gasteiger partial charge in [-0.25, -0.2) is 0 Å². The van der Waals surface area contributed by atoms with Gasteiger partial charge in [0.25, 0.3) is 0 Å². The average Bonchev–Trinajstić information content (AvgIpc) is 3.34. The molecular formula is C22H32N4O2S. The SMILES string of the molecule is CCCCc1nnc(NC(=O)C2CCCN2C(=O)C23CC4CC(CC(C4)C2)C3)s1. The Bertz CT molecular complexity index is 756. The van der Waals surface area contributed by atoms with Crippen LogP contribution >= 0.6 is 11.3 Å². The summed E-state index contributed by atoms with van der Waals surface area (Å²) in [6.07, 6.45) is 11.9. The summed E-state index contributed by atoms with van der Waals surface area (Å²) in [5.74, 6) is 2.41. The van der Waals surface area contributed by atoms with E-state index in [0.29, 0.717) is 5.13 Å². The maximum absolute atomic E-state index is 13.7. The van der Waals surface area contributed by atoms with Crippen molar-refractivity contribution in [3.8, 4) is 0 Å². The van der Waals surface area contributed by atoms with Crippen molar-refractivity contribution in [3.05, 3.63) is 5.01 Å². The number of anilines is 1. The third kappa shape index (κ3) is 3.60. The smallest absolute Gasteiger partial charge is 0.249 e. The van der Waals surface area contributed by atoms with Gasteiger partial charge in [0.05, 0.1) is 5.41 Å². The first-order chi connectivity index (χ1) is 14.1. The van der Waals surface area contributed by atoms with Crippen LogP contribution in [0.15, 0.2) is 0 Å². The highest BCUT2D eigenvalue weighted by atomic mass is 32.1. The Balaban J connectivity index is 1.27. The molecule has 0 spiro atoms. The number of hydrogen-bond donors (Lipinski definition) is 1. The second kappa shape index (κ2) is 7.64. The number of amides is 2. The Labute approximate surface area is 176 Å². The summed E-state index contributed by atoms with van der Waals surface area (Å²) >= 11 is 1.46. The van der Waals surface area contributed by atoms with E-state index in [9.17, 15) is 9.59 Å². The Morgan fingerprint density at radius 2 is 1.83 bits per heavy atom. The van der Waals surface area contributed by atoms with Crippen molar-refractivity contribution in [2.45, 2.75) is 83.6 Å². The van der Waals surface area contributed by atoms with Gasteiger partial charge in [0.1, 0.15) is 11.0 Å². The van der Waals surface area contributed by atoms with E-state index < -0.39 is 0 Å². The van der Waals surface area contributed by atoms with Gasteiger partial charge in [-0.2, -0.15) is 0 Å². The molecule has 0 radical (unpaired) electrons. The summed E-state index contributed by atoms with van der Waals surface area (Å²) in [7, 11) is 0. The maximum Gasteiger partial charge on any atom is 0.249 e. The third-order valence-electron chi connectivity index (χ3n) is 7.75. The number of nitrogens with one attached hydrogen (secondary N) is 1. The zero-order valence-corrected chi connectivity index (χ0v) is 18.2. The van der Waals surface area contributed by atoms with E-state index in [1.165, 1.54) is 30.6 Å². The van der Waals surface area contributed by atoms with E-state index in [1.807, 2.05) is 4.90 Å². The molecule has 29 heavy (non-hydrogen) atoms. The van der Waals surface area contributed by atoms with Gasteiger partial charge in [-0.05, 0) is 75.5 Å². The summed E-state index contributed by atoms with van der Waals surface area (Å²) in [5.41, 5.74) is -0.173. The number of carbonyl (C=O) groups is 2. The predicted molar refractivity (Wildman–Crippen MR) is 112 cm³/mol. The first-order valence-electron chi connectivity index (χ1n) is 11.5. The largest absolute Gasteiger partial charge is 0.330 e. The van der Waals surface area contributed by atoms with Crippen LogP contribution in [0.5, 0.6) is 0 Å². The monoisotopic (exact) mass is 416 g/mol. The number of aryl methyl sites for hydroxylation is 1. The lowest BCUT2D eigenvalue weighted by atomic mass is 9.49. The van der Waals surface area contributed by atoms with Gasteiger partial charge in [0.2, 0.25) is 16.9 Å². The maximum atomic E-state index is 13.7. The minimum Gasteiger partial charge on any atom is -0.330 e. The molecule has 6 rings (SSSR count). The molecule has 158 valence electrons. The minimum atomic E-state index is -0.349. The van der Waals surface area contributed by atoms with Gasteiger partial charge in [-0.1, -0.05) is 24.7 Å². The molecule has 0 aromatic carbocycles. The van der Waals surface area contributed by atoms with E-state index in [1.54, 1.807) is 0 Å². The molecule has 6 nitrogen and oxygen atoms in total. The van der Waals surface area contributed by atoms with E-state index in [0.717, 1.165) is 80.7 Å². The number of likely N-dealkylation sites (tertiary alicyclic amines) is 1. The molecule has 5 fully saturated rings. The zero-order chi connectivity index (χ0) is 20.0. The van der Waals surface area contributed by atoms with E-state index in [-0.39, 0.29) is 23.3 Å². The molecular weight excluding hydrogens is 384 g/mol. The van der Waals surface area contributed by atoms with E-state index in [4.69, 9.17) is 0 Å². The van der Waals surface area contributed by atoms with Crippen molar-refractivity contribution in [1.29, 1.82) is 0 Å². The molecule has 1 aromatic rings. The van der Waals surface area contributed by atoms with Gasteiger partial charge in [0.15, 0.2) is 0 Å². The molecule has 2 amide bonds. The van der Waals surface area contributed by atoms with Crippen LogP contribution in [0.25, 0.3) is 0 Å². The Morgan fingerprint density at radius 3 is 2.48 bits per heavy atom. The molecule has 5 aliphatic rings. The number of hydrogen-bond acceptors (Lipinski definition) is 5. The molecule has 4 saturated carbocycles. The van der Waals surface area contributed by atoms with Gasteiger partial charge < -0.3 is 4.90 Å². The predicted octanol–water partition coefficient (Wildman–Crippen LogP) is 4.03. The normalized spacial score (nSPS) is 35.3. The molecule has 4 aliphatic carbocycles. The lowest BCUT2D eigenvalue weighted by molar-refractivity contribution is -0.160. The van der Waals surface area contributed by atoms with Crippen LogP contribution in [-0.2, 0) is 16.0 Å². The minimum absolute atomic E-state index is 0.0845. The average molecular weight is 417 g/mol. The molecule has 1 unspecified atom stereocenters. The molecule has 2 heterocycles. The van der Waals surface area contributed by atoms with E-state index >= 15 is 0 Å². The summed E-state index contributed by atoms with van der Waals surface area (Å²) in [4.78, 5) is 28.6. The quantitative estimate of drug-likeness (QED) is 0.760. The van der Waals surface area contributed by atoms with Crippen LogP contribution in [0, 0.1) is 23.2 Å². The second-order valence-corrected chi connectivity index (χ2v) is 11.0. The number of rotatable bonds is 6. The Hall–Kier alpha value is -1.50. The molecule has 4 bridgehead atoms. The Morgan fingerprint density at radius 1 is 1.14 bits per heavy atom. The van der Waals surface area contributed by atoms with Gasteiger partial charge >= 0.3 is 0 Å². The topological polar surface area (TPSA) is 75.2 Å². The first kappa shape index (κ1) is 19.5. The molecule has 7 heteroatoms. The van der Waals surface area contributed by atoms with Crippen LogP contribution < -0.4 is 5.32 Å². The Kier molecular flexibility index (Phi) is 5.13. The summed E-state index contributed by atoms with van der Waals surface area (Å²) in [5, 5.41) is 12.8. The van der Waals surface area contributed by atoms with Crippen molar-refractivity contribution >= 4 is 28.3 Å². The van der Waals surface area contributed by atoms with Crippen molar-refractivity contribution < 1.29 is 9.59 Å². The third-order valence-corrected chi connectivity index (χ3v) is 8.65. The summed E-state index contributed by atoms with van der Waals surface area (Å²) in [6, 6.07) is -0.349. The highest BCUT2D eigenvalue weighted by Crippen LogP contribution is 2.60. The molecule has 1 aliphatic heterocycles. The molecule has 1 N–H and O–H groups in total. The van der Waals surface area contributed by atoms with Crippen molar-refractivity contribution in [3.63, 3.8) is 0 Å². The van der Waals surface area contributed by atoms with Gasteiger partial charge in [-0.15, -0.1) is 10.2 Å². The molecule has 1 aromatic heterocycles. The fourth-order valence-electron chi connectivity index (χ4n) is 6.88.